The number of nitrogens with one attached hydrogen (secondary N) is 3. The van der Waals surface area contributed by atoms with E-state index < -0.39 is 18.6 Å². The van der Waals surface area contributed by atoms with E-state index in [1.165, 1.54) is 0 Å². The van der Waals surface area contributed by atoms with Gasteiger partial charge in [-0.3, -0.25) is 9.59 Å². The molecule has 1 aliphatic heterocycles. The molecule has 0 aliphatic carbocycles. The van der Waals surface area contributed by atoms with Gasteiger partial charge < -0.3 is 25.8 Å². The molecule has 3 aromatic rings. The van der Waals surface area contributed by atoms with E-state index in [2.05, 4.69) is 15.6 Å². The number of H-pyrrole nitrogens is 1. The molecule has 7 nitrogen and oxygen atoms in total. The molecule has 0 radical (unpaired) electrons. The smallest absolute Gasteiger partial charge is 0.256 e. The van der Waals surface area contributed by atoms with Crippen molar-refractivity contribution in [3.05, 3.63) is 59.8 Å². The molecule has 0 saturated carbocycles. The Hall–Kier alpha value is -3.42. The normalized spacial score (nSPS) is 15.6. The molecule has 5 N–H and O–H groups in total. The fourth-order valence-corrected chi connectivity index (χ4v) is 3.09. The van der Waals surface area contributed by atoms with Gasteiger partial charge in [-0.05, 0) is 30.3 Å². The first-order valence-electron chi connectivity index (χ1n) is 8.40. The SMILES string of the molecule is O=C1Nc2ccccc2/C1=C\c1c[nH]c2ccc(NC(=O)C(O)CO)cc12. The molecule has 1 atom stereocenters. The molecule has 0 spiro atoms. The molecule has 2 aromatic carbocycles. The summed E-state index contributed by atoms with van der Waals surface area (Å²) in [5, 5.41) is 24.5. The molecule has 2 amide bonds. The molecule has 2 heterocycles. The zero-order valence-corrected chi connectivity index (χ0v) is 14.2. The minimum absolute atomic E-state index is 0.166. The van der Waals surface area contributed by atoms with Gasteiger partial charge in [-0.2, -0.15) is 0 Å². The highest BCUT2D eigenvalue weighted by molar-refractivity contribution is 6.35. The second-order valence-electron chi connectivity index (χ2n) is 6.25. The lowest BCUT2D eigenvalue weighted by atomic mass is 10.0. The van der Waals surface area contributed by atoms with Crippen molar-refractivity contribution in [2.45, 2.75) is 6.10 Å². The number of para-hydroxylation sites is 1. The van der Waals surface area contributed by atoms with E-state index in [9.17, 15) is 14.7 Å². The van der Waals surface area contributed by atoms with Crippen LogP contribution in [0.2, 0.25) is 0 Å². The van der Waals surface area contributed by atoms with Gasteiger partial charge in [-0.15, -0.1) is 0 Å². The Morgan fingerprint density at radius 1 is 1.22 bits per heavy atom. The van der Waals surface area contributed by atoms with Crippen LogP contribution in [0, 0.1) is 0 Å². The summed E-state index contributed by atoms with van der Waals surface area (Å²) in [6.07, 6.45) is 2.11. The molecule has 1 aromatic heterocycles. The van der Waals surface area contributed by atoms with E-state index in [1.807, 2.05) is 24.3 Å². The van der Waals surface area contributed by atoms with Crippen LogP contribution in [0.3, 0.4) is 0 Å². The van der Waals surface area contributed by atoms with Crippen LogP contribution >= 0.6 is 0 Å². The number of aromatic nitrogens is 1. The largest absolute Gasteiger partial charge is 0.393 e. The molecule has 7 heteroatoms. The maximum atomic E-state index is 12.3. The maximum Gasteiger partial charge on any atom is 0.256 e. The van der Waals surface area contributed by atoms with Gasteiger partial charge in [0.15, 0.2) is 6.10 Å². The predicted molar refractivity (Wildman–Crippen MR) is 103 cm³/mol. The van der Waals surface area contributed by atoms with E-state index in [1.54, 1.807) is 30.5 Å². The third kappa shape index (κ3) is 3.10. The molecular formula is C20H17N3O4. The number of carbonyl (C=O) groups is 2. The third-order valence-electron chi connectivity index (χ3n) is 4.47. The van der Waals surface area contributed by atoms with E-state index in [0.29, 0.717) is 11.3 Å². The highest BCUT2D eigenvalue weighted by Gasteiger charge is 2.23. The number of anilines is 2. The number of rotatable bonds is 4. The third-order valence-corrected chi connectivity index (χ3v) is 4.47. The summed E-state index contributed by atoms with van der Waals surface area (Å²) in [7, 11) is 0. The van der Waals surface area contributed by atoms with Gasteiger partial charge in [-0.25, -0.2) is 0 Å². The second-order valence-corrected chi connectivity index (χ2v) is 6.25. The summed E-state index contributed by atoms with van der Waals surface area (Å²) >= 11 is 0. The quantitative estimate of drug-likeness (QED) is 0.456. The van der Waals surface area contributed by atoms with E-state index in [-0.39, 0.29) is 5.91 Å². The van der Waals surface area contributed by atoms with Gasteiger partial charge in [0.2, 0.25) is 0 Å². The molecule has 4 rings (SSSR count). The topological polar surface area (TPSA) is 114 Å². The van der Waals surface area contributed by atoms with Crippen molar-refractivity contribution in [3.8, 4) is 0 Å². The molecule has 0 bridgehead atoms. The lowest BCUT2D eigenvalue weighted by Gasteiger charge is -2.09. The van der Waals surface area contributed by atoms with Crippen molar-refractivity contribution in [1.29, 1.82) is 0 Å². The Balaban J connectivity index is 1.72. The standard InChI is InChI=1S/C20H17N3O4/c24-10-18(25)20(27)22-12-5-6-16-14(8-12)11(9-21-16)7-15-13-3-1-2-4-17(13)23-19(15)26/h1-9,18,21,24-25H,10H2,(H,22,27)(H,23,26)/b15-7+. The second kappa shape index (κ2) is 6.71. The van der Waals surface area contributed by atoms with Crippen molar-refractivity contribution >= 4 is 45.7 Å². The molecule has 0 fully saturated rings. The van der Waals surface area contributed by atoms with Crippen LogP contribution in [0.25, 0.3) is 22.6 Å². The molecule has 1 aliphatic rings. The molecular weight excluding hydrogens is 346 g/mol. The summed E-state index contributed by atoms with van der Waals surface area (Å²) in [6, 6.07) is 12.7. The van der Waals surface area contributed by atoms with E-state index in [4.69, 9.17) is 5.11 Å². The summed E-state index contributed by atoms with van der Waals surface area (Å²) in [5.74, 6) is -0.850. The zero-order chi connectivity index (χ0) is 19.0. The number of benzene rings is 2. The number of hydrogen-bond acceptors (Lipinski definition) is 4. The van der Waals surface area contributed by atoms with Gasteiger partial charge in [0.25, 0.3) is 11.8 Å². The van der Waals surface area contributed by atoms with E-state index in [0.717, 1.165) is 27.7 Å². The number of aromatic amines is 1. The fourth-order valence-electron chi connectivity index (χ4n) is 3.09. The van der Waals surface area contributed by atoms with Gasteiger partial charge in [0, 0.05) is 45.2 Å². The summed E-state index contributed by atoms with van der Waals surface area (Å²) in [6.45, 7) is -0.649. The number of aliphatic hydroxyl groups is 2. The summed E-state index contributed by atoms with van der Waals surface area (Å²) in [5.41, 5.74) is 4.30. The Kier molecular flexibility index (Phi) is 4.23. The van der Waals surface area contributed by atoms with Crippen molar-refractivity contribution in [2.24, 2.45) is 0 Å². The lowest BCUT2D eigenvalue weighted by molar-refractivity contribution is -0.125. The van der Waals surface area contributed by atoms with E-state index >= 15 is 0 Å². The minimum Gasteiger partial charge on any atom is -0.393 e. The highest BCUT2D eigenvalue weighted by Crippen LogP contribution is 2.34. The fraction of sp³-hybridized carbons (Fsp3) is 0.100. The zero-order valence-electron chi connectivity index (χ0n) is 14.2. The number of aliphatic hydroxyl groups excluding tert-OH is 2. The predicted octanol–water partition coefficient (Wildman–Crippen LogP) is 1.95. The van der Waals surface area contributed by atoms with Gasteiger partial charge >= 0.3 is 0 Å². The van der Waals surface area contributed by atoms with Crippen molar-refractivity contribution < 1.29 is 19.8 Å². The van der Waals surface area contributed by atoms with Crippen LogP contribution in [0.1, 0.15) is 11.1 Å². The van der Waals surface area contributed by atoms with Gasteiger partial charge in [0.05, 0.1) is 6.61 Å². The van der Waals surface area contributed by atoms with Crippen LogP contribution in [-0.2, 0) is 9.59 Å². The Morgan fingerprint density at radius 3 is 2.85 bits per heavy atom. The van der Waals surface area contributed by atoms with Crippen LogP contribution in [0.5, 0.6) is 0 Å². The first kappa shape index (κ1) is 17.0. The average Bonchev–Trinajstić information content (AvgIpc) is 3.22. The molecule has 1 unspecified atom stereocenters. The Labute approximate surface area is 154 Å². The monoisotopic (exact) mass is 363 g/mol. The maximum absolute atomic E-state index is 12.3. The lowest BCUT2D eigenvalue weighted by Crippen LogP contribution is -2.30. The molecule has 0 saturated heterocycles. The highest BCUT2D eigenvalue weighted by atomic mass is 16.3. The van der Waals surface area contributed by atoms with Crippen LogP contribution in [0.15, 0.2) is 48.7 Å². The van der Waals surface area contributed by atoms with Crippen molar-refractivity contribution in [3.63, 3.8) is 0 Å². The Morgan fingerprint density at radius 2 is 2.04 bits per heavy atom. The van der Waals surface area contributed by atoms with Crippen LogP contribution in [0.4, 0.5) is 11.4 Å². The van der Waals surface area contributed by atoms with Crippen LogP contribution in [-0.4, -0.2) is 39.7 Å². The van der Waals surface area contributed by atoms with Gasteiger partial charge in [-0.1, -0.05) is 18.2 Å². The number of fused-ring (bicyclic) bond motifs is 2. The number of amides is 2. The summed E-state index contributed by atoms with van der Waals surface area (Å²) in [4.78, 5) is 27.2. The van der Waals surface area contributed by atoms with Crippen molar-refractivity contribution in [1.82, 2.24) is 4.98 Å². The number of carbonyl (C=O) groups excluding carboxylic acids is 2. The van der Waals surface area contributed by atoms with Gasteiger partial charge in [0.1, 0.15) is 0 Å². The molecule has 27 heavy (non-hydrogen) atoms. The van der Waals surface area contributed by atoms with Crippen LogP contribution < -0.4 is 10.6 Å². The summed E-state index contributed by atoms with van der Waals surface area (Å²) < 4.78 is 0. The minimum atomic E-state index is -1.48. The average molecular weight is 363 g/mol. The number of hydrogen-bond donors (Lipinski definition) is 5. The first-order valence-corrected chi connectivity index (χ1v) is 8.40. The first-order chi connectivity index (χ1) is 13.1. The Bertz CT molecular complexity index is 1080. The molecule has 136 valence electrons. The van der Waals surface area contributed by atoms with Crippen molar-refractivity contribution in [2.75, 3.05) is 17.2 Å².